The minimum absolute atomic E-state index is 0.221. The molecular formula is C15H16ClN3O. The maximum Gasteiger partial charge on any atom is 0.255 e. The zero-order valence-electron chi connectivity index (χ0n) is 11.4. The Morgan fingerprint density at radius 3 is 2.65 bits per heavy atom. The zero-order valence-corrected chi connectivity index (χ0v) is 12.1. The molecule has 2 aromatic rings. The van der Waals surface area contributed by atoms with Gasteiger partial charge in [-0.3, -0.25) is 4.79 Å². The van der Waals surface area contributed by atoms with Gasteiger partial charge in [0, 0.05) is 31.0 Å². The Morgan fingerprint density at radius 1 is 1.20 bits per heavy atom. The van der Waals surface area contributed by atoms with Gasteiger partial charge in [-0.15, -0.1) is 0 Å². The molecule has 4 nitrogen and oxygen atoms in total. The van der Waals surface area contributed by atoms with E-state index in [1.807, 2.05) is 37.2 Å². The first-order chi connectivity index (χ1) is 9.47. The third kappa shape index (κ3) is 3.22. The maximum atomic E-state index is 12.2. The number of carbonyl (C=O) groups is 1. The summed E-state index contributed by atoms with van der Waals surface area (Å²) in [4.78, 5) is 14.2. The van der Waals surface area contributed by atoms with Gasteiger partial charge in [-0.25, -0.2) is 0 Å². The number of carbonyl (C=O) groups excluding carboxylic acids is 1. The van der Waals surface area contributed by atoms with Crippen molar-refractivity contribution < 1.29 is 4.79 Å². The molecule has 0 saturated carbocycles. The second-order valence-electron chi connectivity index (χ2n) is 4.64. The third-order valence-electron chi connectivity index (χ3n) is 2.86. The van der Waals surface area contributed by atoms with Crippen molar-refractivity contribution in [2.24, 2.45) is 0 Å². The molecule has 20 heavy (non-hydrogen) atoms. The number of anilines is 3. The molecule has 0 heterocycles. The quantitative estimate of drug-likeness (QED) is 0.853. The molecule has 0 aromatic heterocycles. The van der Waals surface area contributed by atoms with Gasteiger partial charge in [0.2, 0.25) is 0 Å². The van der Waals surface area contributed by atoms with Gasteiger partial charge < -0.3 is 16.0 Å². The van der Waals surface area contributed by atoms with E-state index in [0.717, 1.165) is 5.69 Å². The SMILES string of the molecule is CN(C)c1cccc(C(=O)Nc2cc(N)ccc2Cl)c1. The van der Waals surface area contributed by atoms with Crippen LogP contribution in [0, 0.1) is 0 Å². The largest absolute Gasteiger partial charge is 0.399 e. The normalized spacial score (nSPS) is 10.2. The van der Waals surface area contributed by atoms with Gasteiger partial charge in [-0.05, 0) is 36.4 Å². The fraction of sp³-hybridized carbons (Fsp3) is 0.133. The van der Waals surface area contributed by atoms with E-state index in [0.29, 0.717) is 22.0 Å². The lowest BCUT2D eigenvalue weighted by Gasteiger charge is -2.14. The van der Waals surface area contributed by atoms with Gasteiger partial charge >= 0.3 is 0 Å². The van der Waals surface area contributed by atoms with Crippen LogP contribution in [0.1, 0.15) is 10.4 Å². The lowest BCUT2D eigenvalue weighted by Crippen LogP contribution is -2.14. The average Bonchev–Trinajstić information content (AvgIpc) is 2.43. The van der Waals surface area contributed by atoms with Crippen LogP contribution in [0.25, 0.3) is 0 Å². The highest BCUT2D eigenvalue weighted by molar-refractivity contribution is 6.34. The fourth-order valence-electron chi connectivity index (χ4n) is 1.76. The van der Waals surface area contributed by atoms with Crippen LogP contribution in [0.2, 0.25) is 5.02 Å². The number of rotatable bonds is 3. The van der Waals surface area contributed by atoms with E-state index in [9.17, 15) is 4.79 Å². The Bertz CT molecular complexity index is 641. The molecular weight excluding hydrogens is 274 g/mol. The molecule has 2 rings (SSSR count). The van der Waals surface area contributed by atoms with Crippen molar-refractivity contribution in [3.8, 4) is 0 Å². The van der Waals surface area contributed by atoms with Crippen molar-refractivity contribution in [3.63, 3.8) is 0 Å². The first kappa shape index (κ1) is 14.2. The topological polar surface area (TPSA) is 58.4 Å². The minimum Gasteiger partial charge on any atom is -0.399 e. The first-order valence-corrected chi connectivity index (χ1v) is 6.49. The Labute approximate surface area is 123 Å². The molecule has 0 unspecified atom stereocenters. The van der Waals surface area contributed by atoms with Crippen LogP contribution in [-0.4, -0.2) is 20.0 Å². The van der Waals surface area contributed by atoms with Crippen molar-refractivity contribution in [1.82, 2.24) is 0 Å². The first-order valence-electron chi connectivity index (χ1n) is 6.11. The van der Waals surface area contributed by atoms with Gasteiger partial charge in [0.25, 0.3) is 5.91 Å². The molecule has 5 heteroatoms. The Hall–Kier alpha value is -2.20. The molecule has 0 aliphatic heterocycles. The second kappa shape index (κ2) is 5.84. The summed E-state index contributed by atoms with van der Waals surface area (Å²) in [6, 6.07) is 12.3. The smallest absolute Gasteiger partial charge is 0.255 e. The van der Waals surface area contributed by atoms with E-state index < -0.39 is 0 Å². The molecule has 104 valence electrons. The number of nitrogen functional groups attached to an aromatic ring is 1. The highest BCUT2D eigenvalue weighted by Crippen LogP contribution is 2.25. The van der Waals surface area contributed by atoms with Crippen LogP contribution in [0.4, 0.5) is 17.1 Å². The molecule has 2 aromatic carbocycles. The molecule has 0 fully saturated rings. The lowest BCUT2D eigenvalue weighted by molar-refractivity contribution is 0.102. The van der Waals surface area contributed by atoms with Crippen LogP contribution < -0.4 is 16.0 Å². The van der Waals surface area contributed by atoms with Crippen LogP contribution in [0.3, 0.4) is 0 Å². The maximum absolute atomic E-state index is 12.2. The Morgan fingerprint density at radius 2 is 1.95 bits per heavy atom. The Balaban J connectivity index is 2.24. The molecule has 0 bridgehead atoms. The number of nitrogens with two attached hydrogens (primary N) is 1. The van der Waals surface area contributed by atoms with Gasteiger partial charge in [0.05, 0.1) is 10.7 Å². The summed E-state index contributed by atoms with van der Waals surface area (Å²) in [6.45, 7) is 0. The van der Waals surface area contributed by atoms with Gasteiger partial charge in [0.15, 0.2) is 0 Å². The predicted molar refractivity (Wildman–Crippen MR) is 84.6 cm³/mol. The third-order valence-corrected chi connectivity index (χ3v) is 3.19. The van der Waals surface area contributed by atoms with Crippen LogP contribution >= 0.6 is 11.6 Å². The molecule has 3 N–H and O–H groups in total. The van der Waals surface area contributed by atoms with Gasteiger partial charge in [0.1, 0.15) is 0 Å². The van der Waals surface area contributed by atoms with Gasteiger partial charge in [-0.1, -0.05) is 17.7 Å². The minimum atomic E-state index is -0.221. The number of hydrogen-bond acceptors (Lipinski definition) is 3. The Kier molecular flexibility index (Phi) is 4.15. The van der Waals surface area contributed by atoms with E-state index >= 15 is 0 Å². The van der Waals surface area contributed by atoms with E-state index in [4.69, 9.17) is 17.3 Å². The van der Waals surface area contributed by atoms with Crippen LogP contribution in [0.5, 0.6) is 0 Å². The van der Waals surface area contributed by atoms with Crippen molar-refractivity contribution >= 4 is 34.6 Å². The summed E-state index contributed by atoms with van der Waals surface area (Å²) in [5.41, 5.74) is 8.26. The average molecular weight is 290 g/mol. The van der Waals surface area contributed by atoms with Crippen LogP contribution in [0.15, 0.2) is 42.5 Å². The van der Waals surface area contributed by atoms with Crippen molar-refractivity contribution in [2.45, 2.75) is 0 Å². The molecule has 1 amide bonds. The number of hydrogen-bond donors (Lipinski definition) is 2. The molecule has 0 saturated heterocycles. The highest BCUT2D eigenvalue weighted by atomic mass is 35.5. The zero-order chi connectivity index (χ0) is 14.7. The highest BCUT2D eigenvalue weighted by Gasteiger charge is 2.10. The summed E-state index contributed by atoms with van der Waals surface area (Å²) < 4.78 is 0. The van der Waals surface area contributed by atoms with E-state index in [1.165, 1.54) is 0 Å². The molecule has 0 aliphatic carbocycles. The van der Waals surface area contributed by atoms with Crippen LogP contribution in [-0.2, 0) is 0 Å². The standard InChI is InChI=1S/C15H16ClN3O/c1-19(2)12-5-3-4-10(8-12)15(20)18-14-9-11(17)6-7-13(14)16/h3-9H,17H2,1-2H3,(H,18,20). The van der Waals surface area contributed by atoms with E-state index in [2.05, 4.69) is 5.32 Å². The monoisotopic (exact) mass is 289 g/mol. The second-order valence-corrected chi connectivity index (χ2v) is 5.05. The van der Waals surface area contributed by atoms with Crippen molar-refractivity contribution in [1.29, 1.82) is 0 Å². The predicted octanol–water partition coefficient (Wildman–Crippen LogP) is 3.24. The number of nitrogens with one attached hydrogen (secondary N) is 1. The fourth-order valence-corrected chi connectivity index (χ4v) is 1.92. The molecule has 0 spiro atoms. The molecule has 0 atom stereocenters. The van der Waals surface area contributed by atoms with Gasteiger partial charge in [-0.2, -0.15) is 0 Å². The summed E-state index contributed by atoms with van der Waals surface area (Å²) in [7, 11) is 3.84. The van der Waals surface area contributed by atoms with E-state index in [-0.39, 0.29) is 5.91 Å². The summed E-state index contributed by atoms with van der Waals surface area (Å²) >= 11 is 6.03. The van der Waals surface area contributed by atoms with E-state index in [1.54, 1.807) is 24.3 Å². The number of benzene rings is 2. The molecule has 0 aliphatic rings. The molecule has 0 radical (unpaired) electrons. The van der Waals surface area contributed by atoms with Crippen molar-refractivity contribution in [3.05, 3.63) is 53.1 Å². The number of amides is 1. The van der Waals surface area contributed by atoms with Crippen molar-refractivity contribution in [2.75, 3.05) is 30.0 Å². The summed E-state index contributed by atoms with van der Waals surface area (Å²) in [5.74, 6) is -0.221. The summed E-state index contributed by atoms with van der Waals surface area (Å²) in [5, 5.41) is 3.22. The lowest BCUT2D eigenvalue weighted by atomic mass is 10.1. The summed E-state index contributed by atoms with van der Waals surface area (Å²) in [6.07, 6.45) is 0. The number of halogens is 1. The number of nitrogens with zero attached hydrogens (tertiary/aromatic N) is 1.